The van der Waals surface area contributed by atoms with Crippen LogP contribution in [0.2, 0.25) is 22.7 Å². The number of unbranched alkanes of at least 4 members (excludes halogenated alkanes) is 5. The van der Waals surface area contributed by atoms with E-state index in [1.807, 2.05) is 0 Å². The van der Waals surface area contributed by atoms with Crippen molar-refractivity contribution in [1.29, 1.82) is 0 Å². The van der Waals surface area contributed by atoms with Crippen molar-refractivity contribution < 1.29 is 43.9 Å². The summed E-state index contributed by atoms with van der Waals surface area (Å²) in [7, 11) is -4.48. The van der Waals surface area contributed by atoms with Crippen LogP contribution in [0, 0.1) is 34.9 Å². The molecule has 0 spiro atoms. The highest BCUT2D eigenvalue weighted by Gasteiger charge is 2.54. The molecule has 0 saturated carbocycles. The standard InChI is InChI=1S/C32H39F10PSi/c1-17(2)44(18(3)4,19(5)6)16-12-10-8-7-9-11-15-43(29-21(34)14-13-20(33)24(29)35)30-25(36)22-23(27(38)28(30)39)32(41,42)31(40)26(22)37/h13-14,17-19H,7-12,15-16H2,1-6H3. The van der Waals surface area contributed by atoms with Crippen LogP contribution in [-0.2, 0) is 5.92 Å². The van der Waals surface area contributed by atoms with Gasteiger partial charge in [0.15, 0.2) is 29.1 Å². The van der Waals surface area contributed by atoms with Gasteiger partial charge in [0, 0.05) is 0 Å². The van der Waals surface area contributed by atoms with E-state index in [4.69, 9.17) is 0 Å². The predicted molar refractivity (Wildman–Crippen MR) is 160 cm³/mol. The van der Waals surface area contributed by atoms with Crippen molar-refractivity contribution in [2.45, 2.75) is 109 Å². The van der Waals surface area contributed by atoms with E-state index in [-0.39, 0.29) is 12.6 Å². The second kappa shape index (κ2) is 14.3. The fraction of sp³-hybridized carbons (Fsp3) is 0.562. The normalized spacial score (nSPS) is 15.7. The van der Waals surface area contributed by atoms with Crippen LogP contribution in [0.5, 0.6) is 0 Å². The van der Waals surface area contributed by atoms with Gasteiger partial charge in [0.1, 0.15) is 11.6 Å². The smallest absolute Gasteiger partial charge is 0.206 e. The fourth-order valence-electron chi connectivity index (χ4n) is 7.12. The summed E-state index contributed by atoms with van der Waals surface area (Å²) >= 11 is 0. The summed E-state index contributed by atoms with van der Waals surface area (Å²) in [6.07, 6.45) is 3.63. The lowest BCUT2D eigenvalue weighted by atomic mass is 10.1. The minimum absolute atomic E-state index is 0.115. The van der Waals surface area contributed by atoms with Gasteiger partial charge in [-0.05, 0) is 32.6 Å². The first-order chi connectivity index (χ1) is 20.4. The number of alkyl halides is 2. The Morgan fingerprint density at radius 3 is 1.66 bits per heavy atom. The zero-order chi connectivity index (χ0) is 33.3. The second-order valence-corrected chi connectivity index (χ2v) is 20.9. The number of allylic oxidation sites excluding steroid dienone is 1. The van der Waals surface area contributed by atoms with Crippen molar-refractivity contribution in [3.8, 4) is 0 Å². The van der Waals surface area contributed by atoms with E-state index >= 15 is 8.78 Å². The van der Waals surface area contributed by atoms with Crippen molar-refractivity contribution in [2.24, 2.45) is 0 Å². The third kappa shape index (κ3) is 6.51. The Hall–Kier alpha value is -1.87. The average molecular weight is 673 g/mol. The van der Waals surface area contributed by atoms with Gasteiger partial charge in [0.05, 0.1) is 29.8 Å². The molecule has 0 aliphatic heterocycles. The first-order valence-corrected chi connectivity index (χ1v) is 19.0. The molecule has 2 aromatic rings. The SMILES string of the molecule is CC(C)[Si](CCCCCCCCP(c1c(F)ccc(F)c1F)c1c(F)c(F)c2c(c1F)C(F)=C(F)C2(F)F)(C(C)C)C(C)C. The van der Waals surface area contributed by atoms with E-state index in [2.05, 4.69) is 41.5 Å². The predicted octanol–water partition coefficient (Wildman–Crippen LogP) is 11.7. The maximum Gasteiger partial charge on any atom is 0.330 e. The maximum absolute atomic E-state index is 15.6. The lowest BCUT2D eigenvalue weighted by Crippen LogP contribution is -2.44. The van der Waals surface area contributed by atoms with E-state index in [0.717, 1.165) is 19.3 Å². The highest BCUT2D eigenvalue weighted by Crippen LogP contribution is 2.53. The number of rotatable bonds is 14. The molecule has 0 N–H and O–H groups in total. The molecule has 0 aromatic heterocycles. The van der Waals surface area contributed by atoms with E-state index < -0.39 is 90.2 Å². The van der Waals surface area contributed by atoms with E-state index in [1.165, 1.54) is 6.04 Å². The first-order valence-electron chi connectivity index (χ1n) is 15.0. The lowest BCUT2D eigenvalue weighted by molar-refractivity contribution is 0.0139. The van der Waals surface area contributed by atoms with Gasteiger partial charge >= 0.3 is 5.92 Å². The zero-order valence-corrected chi connectivity index (χ0v) is 27.7. The molecule has 0 heterocycles. The molecular formula is C32H39F10PSi. The molecule has 1 aliphatic carbocycles. The molecule has 12 heteroatoms. The Morgan fingerprint density at radius 2 is 1.11 bits per heavy atom. The summed E-state index contributed by atoms with van der Waals surface area (Å²) in [6, 6.07) is 2.15. The average Bonchev–Trinajstić information content (AvgIpc) is 3.12. The third-order valence-corrected chi connectivity index (χ3v) is 19.6. The van der Waals surface area contributed by atoms with Gasteiger partial charge in [-0.2, -0.15) is 8.78 Å². The van der Waals surface area contributed by atoms with Crippen LogP contribution in [-0.4, -0.2) is 14.2 Å². The van der Waals surface area contributed by atoms with Crippen LogP contribution < -0.4 is 10.6 Å². The van der Waals surface area contributed by atoms with Gasteiger partial charge < -0.3 is 0 Å². The van der Waals surface area contributed by atoms with Gasteiger partial charge in [0.25, 0.3) is 0 Å². The van der Waals surface area contributed by atoms with Crippen LogP contribution in [0.4, 0.5) is 43.9 Å². The first kappa shape index (κ1) is 36.6. The summed E-state index contributed by atoms with van der Waals surface area (Å²) in [4.78, 5) is 0. The van der Waals surface area contributed by atoms with Crippen molar-refractivity contribution in [2.75, 3.05) is 6.16 Å². The molecule has 1 atom stereocenters. The van der Waals surface area contributed by atoms with Crippen LogP contribution in [0.1, 0.15) is 91.2 Å². The Balaban J connectivity index is 1.84. The van der Waals surface area contributed by atoms with E-state index in [0.29, 0.717) is 41.6 Å². The van der Waals surface area contributed by atoms with Gasteiger partial charge in [-0.15, -0.1) is 0 Å². The maximum atomic E-state index is 15.6. The molecule has 0 saturated heterocycles. The highest BCUT2D eigenvalue weighted by molar-refractivity contribution is 7.73. The number of fused-ring (bicyclic) bond motifs is 1. The van der Waals surface area contributed by atoms with Crippen LogP contribution in [0.25, 0.3) is 5.83 Å². The minimum Gasteiger partial charge on any atom is -0.206 e. The summed E-state index contributed by atoms with van der Waals surface area (Å²) in [6.45, 7) is 13.7. The minimum atomic E-state index is -4.98. The molecular weight excluding hydrogens is 633 g/mol. The van der Waals surface area contributed by atoms with Crippen molar-refractivity contribution >= 4 is 32.4 Å². The highest BCUT2D eigenvalue weighted by atomic mass is 31.1. The largest absolute Gasteiger partial charge is 0.330 e. The number of hydrogen-bond acceptors (Lipinski definition) is 0. The molecule has 0 bridgehead atoms. The van der Waals surface area contributed by atoms with Gasteiger partial charge in [-0.3, -0.25) is 0 Å². The topological polar surface area (TPSA) is 0 Å². The van der Waals surface area contributed by atoms with E-state index in [9.17, 15) is 35.1 Å². The molecule has 0 nitrogen and oxygen atoms in total. The van der Waals surface area contributed by atoms with Crippen LogP contribution >= 0.6 is 7.92 Å². The van der Waals surface area contributed by atoms with Gasteiger partial charge in [-0.1, -0.05) is 96.3 Å². The monoisotopic (exact) mass is 672 g/mol. The lowest BCUT2D eigenvalue weighted by Gasteiger charge is -2.43. The van der Waals surface area contributed by atoms with Gasteiger partial charge in [0.2, 0.25) is 5.83 Å². The van der Waals surface area contributed by atoms with Crippen LogP contribution in [0.15, 0.2) is 18.0 Å². The molecule has 1 unspecified atom stereocenters. The van der Waals surface area contributed by atoms with Gasteiger partial charge in [-0.25, -0.2) is 35.1 Å². The summed E-state index contributed by atoms with van der Waals surface area (Å²) in [5, 5.41) is -2.50. The molecule has 2 aromatic carbocycles. The van der Waals surface area contributed by atoms with Crippen LogP contribution in [0.3, 0.4) is 0 Å². The van der Waals surface area contributed by atoms with E-state index in [1.54, 1.807) is 0 Å². The van der Waals surface area contributed by atoms with Crippen molar-refractivity contribution in [1.82, 2.24) is 0 Å². The molecule has 0 amide bonds. The summed E-state index contributed by atoms with van der Waals surface area (Å²) < 4.78 is 146. The molecule has 3 rings (SSSR count). The van der Waals surface area contributed by atoms with Crippen molar-refractivity contribution in [3.05, 3.63) is 64.0 Å². The molecule has 0 fully saturated rings. The Labute approximate surface area is 255 Å². The Kier molecular flexibility index (Phi) is 11.9. The zero-order valence-electron chi connectivity index (χ0n) is 25.8. The summed E-state index contributed by atoms with van der Waals surface area (Å²) in [5.74, 6) is -21.7. The quantitative estimate of drug-likeness (QED) is 0.0616. The number of halogens is 10. The molecule has 0 radical (unpaired) electrons. The fourth-order valence-corrected chi connectivity index (χ4v) is 16.3. The third-order valence-electron chi connectivity index (χ3n) is 9.33. The Bertz CT molecular complexity index is 1360. The second-order valence-electron chi connectivity index (χ2n) is 12.5. The summed E-state index contributed by atoms with van der Waals surface area (Å²) in [5.41, 5.74) is -2.12. The number of hydrogen-bond donors (Lipinski definition) is 0. The Morgan fingerprint density at radius 1 is 0.614 bits per heavy atom. The number of benzene rings is 2. The molecule has 1 aliphatic rings. The molecule has 44 heavy (non-hydrogen) atoms. The van der Waals surface area contributed by atoms with Crippen molar-refractivity contribution in [3.63, 3.8) is 0 Å². The molecule has 246 valence electrons.